The van der Waals surface area contributed by atoms with Gasteiger partial charge < -0.3 is 4.90 Å². The summed E-state index contributed by atoms with van der Waals surface area (Å²) in [5, 5.41) is 0. The topological polar surface area (TPSA) is 52.7 Å². The molecule has 2 rings (SSSR count). The lowest BCUT2D eigenvalue weighted by molar-refractivity contribution is 0.203. The standard InChI is InChI=1S/C16H27N3O2S/c1-18-12-6-9-16(13-18)10-11-17-22(20,21)19(2)14-15-7-4-3-5-8-15/h3-5,7-8,16-17H,6,9-14H2,1-2H3. The molecule has 0 saturated carbocycles. The van der Waals surface area contributed by atoms with Crippen LogP contribution in [0.2, 0.25) is 0 Å². The Hall–Kier alpha value is -0.950. The van der Waals surface area contributed by atoms with Crippen LogP contribution in [0.4, 0.5) is 0 Å². The molecule has 1 aromatic rings. The van der Waals surface area contributed by atoms with E-state index in [0.29, 0.717) is 19.0 Å². The van der Waals surface area contributed by atoms with Gasteiger partial charge in [-0.05, 0) is 44.3 Å². The van der Waals surface area contributed by atoms with Crippen LogP contribution in [0.15, 0.2) is 30.3 Å². The van der Waals surface area contributed by atoms with E-state index in [1.165, 1.54) is 17.1 Å². The van der Waals surface area contributed by atoms with E-state index in [1.54, 1.807) is 7.05 Å². The minimum absolute atomic E-state index is 0.391. The van der Waals surface area contributed by atoms with Gasteiger partial charge in [-0.15, -0.1) is 0 Å². The van der Waals surface area contributed by atoms with E-state index < -0.39 is 10.2 Å². The van der Waals surface area contributed by atoms with Gasteiger partial charge in [0.2, 0.25) is 0 Å². The number of likely N-dealkylation sites (tertiary alicyclic amines) is 1. The van der Waals surface area contributed by atoms with Crippen molar-refractivity contribution in [1.29, 1.82) is 0 Å². The zero-order chi connectivity index (χ0) is 16.0. The van der Waals surface area contributed by atoms with Crippen LogP contribution in [0.1, 0.15) is 24.8 Å². The monoisotopic (exact) mass is 325 g/mol. The fourth-order valence-electron chi connectivity index (χ4n) is 2.94. The summed E-state index contributed by atoms with van der Waals surface area (Å²) >= 11 is 0. The van der Waals surface area contributed by atoms with Gasteiger partial charge in [-0.2, -0.15) is 12.7 Å². The molecule has 5 nitrogen and oxygen atoms in total. The minimum atomic E-state index is -3.40. The molecule has 1 aliphatic heterocycles. The average molecular weight is 325 g/mol. The summed E-state index contributed by atoms with van der Waals surface area (Å²) < 4.78 is 28.6. The predicted octanol–water partition coefficient (Wildman–Crippen LogP) is 1.68. The lowest BCUT2D eigenvalue weighted by Crippen LogP contribution is -2.40. The summed E-state index contributed by atoms with van der Waals surface area (Å²) in [6.45, 7) is 3.13. The van der Waals surface area contributed by atoms with E-state index in [9.17, 15) is 8.42 Å². The Morgan fingerprint density at radius 2 is 2.05 bits per heavy atom. The van der Waals surface area contributed by atoms with Crippen LogP contribution < -0.4 is 4.72 Å². The first-order chi connectivity index (χ1) is 10.5. The molecule has 1 aromatic carbocycles. The SMILES string of the molecule is CN1CCCC(CCNS(=O)(=O)N(C)Cc2ccccc2)C1. The van der Waals surface area contributed by atoms with Crippen molar-refractivity contribution in [2.24, 2.45) is 5.92 Å². The maximum absolute atomic E-state index is 12.2. The van der Waals surface area contributed by atoms with Gasteiger partial charge in [0.05, 0.1) is 0 Å². The third-order valence-electron chi connectivity index (χ3n) is 4.22. The van der Waals surface area contributed by atoms with Gasteiger partial charge in [0.25, 0.3) is 10.2 Å². The number of nitrogens with one attached hydrogen (secondary N) is 1. The highest BCUT2D eigenvalue weighted by Crippen LogP contribution is 2.17. The van der Waals surface area contributed by atoms with Gasteiger partial charge in [0.15, 0.2) is 0 Å². The fourth-order valence-corrected chi connectivity index (χ4v) is 3.85. The third kappa shape index (κ3) is 5.35. The molecule has 0 bridgehead atoms. The van der Waals surface area contributed by atoms with Crippen molar-refractivity contribution >= 4 is 10.2 Å². The van der Waals surface area contributed by atoms with Crippen LogP contribution in [-0.4, -0.2) is 51.4 Å². The number of nitrogens with zero attached hydrogens (tertiary/aromatic N) is 2. The third-order valence-corrected chi connectivity index (χ3v) is 5.74. The maximum atomic E-state index is 12.2. The van der Waals surface area contributed by atoms with E-state index in [2.05, 4.69) is 16.7 Å². The van der Waals surface area contributed by atoms with Crippen molar-refractivity contribution in [3.05, 3.63) is 35.9 Å². The molecule has 1 saturated heterocycles. The summed E-state index contributed by atoms with van der Waals surface area (Å²) in [5.41, 5.74) is 0.990. The summed E-state index contributed by atoms with van der Waals surface area (Å²) in [6, 6.07) is 9.64. The van der Waals surface area contributed by atoms with E-state index in [0.717, 1.165) is 25.1 Å². The van der Waals surface area contributed by atoms with Crippen molar-refractivity contribution in [3.63, 3.8) is 0 Å². The van der Waals surface area contributed by atoms with Gasteiger partial charge in [-0.1, -0.05) is 30.3 Å². The van der Waals surface area contributed by atoms with Gasteiger partial charge in [-0.25, -0.2) is 4.72 Å². The normalized spacial score (nSPS) is 20.4. The Morgan fingerprint density at radius 3 is 2.73 bits per heavy atom. The predicted molar refractivity (Wildman–Crippen MR) is 89.7 cm³/mol. The van der Waals surface area contributed by atoms with Crippen LogP contribution in [-0.2, 0) is 16.8 Å². The average Bonchev–Trinajstić information content (AvgIpc) is 2.48. The molecule has 1 aliphatic rings. The first-order valence-corrected chi connectivity index (χ1v) is 9.35. The molecule has 1 heterocycles. The van der Waals surface area contributed by atoms with Gasteiger partial charge in [0, 0.05) is 26.7 Å². The fraction of sp³-hybridized carbons (Fsp3) is 0.625. The summed E-state index contributed by atoms with van der Waals surface area (Å²) in [7, 11) is 0.341. The van der Waals surface area contributed by atoms with E-state index in [1.807, 2.05) is 30.3 Å². The van der Waals surface area contributed by atoms with Crippen molar-refractivity contribution in [3.8, 4) is 0 Å². The summed E-state index contributed by atoms with van der Waals surface area (Å²) in [5.74, 6) is 0.598. The molecule has 1 N–H and O–H groups in total. The molecule has 0 amide bonds. The van der Waals surface area contributed by atoms with Crippen LogP contribution >= 0.6 is 0 Å². The van der Waals surface area contributed by atoms with Gasteiger partial charge >= 0.3 is 0 Å². The maximum Gasteiger partial charge on any atom is 0.279 e. The molecule has 0 radical (unpaired) electrons. The molecule has 0 aromatic heterocycles. The summed E-state index contributed by atoms with van der Waals surface area (Å²) in [4.78, 5) is 2.32. The smallest absolute Gasteiger partial charge is 0.279 e. The highest BCUT2D eigenvalue weighted by molar-refractivity contribution is 7.87. The molecule has 1 atom stereocenters. The van der Waals surface area contributed by atoms with Crippen molar-refractivity contribution in [2.75, 3.05) is 33.7 Å². The number of benzene rings is 1. The second kappa shape index (κ2) is 8.06. The van der Waals surface area contributed by atoms with Crippen LogP contribution in [0.25, 0.3) is 0 Å². The Bertz CT molecular complexity index is 548. The van der Waals surface area contributed by atoms with E-state index in [4.69, 9.17) is 0 Å². The Labute approximate surface area is 134 Å². The Morgan fingerprint density at radius 1 is 1.32 bits per heavy atom. The number of hydrogen-bond donors (Lipinski definition) is 1. The van der Waals surface area contributed by atoms with Crippen molar-refractivity contribution in [2.45, 2.75) is 25.8 Å². The molecule has 0 spiro atoms. The quantitative estimate of drug-likeness (QED) is 0.830. The Kier molecular flexibility index (Phi) is 6.37. The lowest BCUT2D eigenvalue weighted by Gasteiger charge is -2.29. The molecular weight excluding hydrogens is 298 g/mol. The number of rotatable bonds is 7. The highest BCUT2D eigenvalue weighted by Gasteiger charge is 2.20. The largest absolute Gasteiger partial charge is 0.306 e. The molecule has 6 heteroatoms. The molecule has 22 heavy (non-hydrogen) atoms. The van der Waals surface area contributed by atoms with Gasteiger partial charge in [0.1, 0.15) is 0 Å². The first kappa shape index (κ1) is 17.4. The second-order valence-electron chi connectivity index (χ2n) is 6.20. The summed E-state index contributed by atoms with van der Waals surface area (Å²) in [6.07, 6.45) is 3.32. The molecular formula is C16H27N3O2S. The highest BCUT2D eigenvalue weighted by atomic mass is 32.2. The zero-order valence-corrected chi connectivity index (χ0v) is 14.3. The van der Waals surface area contributed by atoms with E-state index >= 15 is 0 Å². The van der Waals surface area contributed by atoms with E-state index in [-0.39, 0.29) is 0 Å². The number of hydrogen-bond acceptors (Lipinski definition) is 3. The van der Waals surface area contributed by atoms with Crippen LogP contribution in [0.5, 0.6) is 0 Å². The van der Waals surface area contributed by atoms with Crippen molar-refractivity contribution < 1.29 is 8.42 Å². The first-order valence-electron chi connectivity index (χ1n) is 7.91. The van der Waals surface area contributed by atoms with Crippen LogP contribution in [0, 0.1) is 5.92 Å². The Balaban J connectivity index is 1.78. The lowest BCUT2D eigenvalue weighted by atomic mass is 9.95. The molecule has 0 aliphatic carbocycles. The van der Waals surface area contributed by atoms with Crippen LogP contribution in [0.3, 0.4) is 0 Å². The van der Waals surface area contributed by atoms with Gasteiger partial charge in [-0.3, -0.25) is 0 Å². The second-order valence-corrected chi connectivity index (χ2v) is 8.06. The minimum Gasteiger partial charge on any atom is -0.306 e. The molecule has 1 fully saturated rings. The molecule has 1 unspecified atom stereocenters. The number of piperidine rings is 1. The molecule has 124 valence electrons. The zero-order valence-electron chi connectivity index (χ0n) is 13.5. The van der Waals surface area contributed by atoms with Crippen molar-refractivity contribution in [1.82, 2.24) is 13.9 Å².